The summed E-state index contributed by atoms with van der Waals surface area (Å²) in [6.07, 6.45) is 0. The summed E-state index contributed by atoms with van der Waals surface area (Å²) in [4.78, 5) is 0. The summed E-state index contributed by atoms with van der Waals surface area (Å²) in [6, 6.07) is 13.3. The highest BCUT2D eigenvalue weighted by Crippen LogP contribution is 2.31. The molecule has 3 aromatic rings. The molecule has 0 atom stereocenters. The smallest absolute Gasteiger partial charge is 0.119 e. The molecule has 0 amide bonds. The van der Waals surface area contributed by atoms with E-state index in [1.54, 1.807) is 11.3 Å². The molecular formula is C15H12ClNOS. The van der Waals surface area contributed by atoms with Crippen molar-refractivity contribution in [1.82, 2.24) is 0 Å². The third-order valence-electron chi connectivity index (χ3n) is 2.92. The van der Waals surface area contributed by atoms with Crippen molar-refractivity contribution in [3.8, 4) is 5.75 Å². The van der Waals surface area contributed by atoms with E-state index in [1.165, 1.54) is 5.39 Å². The van der Waals surface area contributed by atoms with E-state index in [-0.39, 0.29) is 0 Å². The summed E-state index contributed by atoms with van der Waals surface area (Å²) in [5.41, 5.74) is 7.92. The van der Waals surface area contributed by atoms with Crippen LogP contribution in [0.2, 0.25) is 5.02 Å². The zero-order valence-corrected chi connectivity index (χ0v) is 11.7. The maximum atomic E-state index is 5.95. The average molecular weight is 290 g/mol. The van der Waals surface area contributed by atoms with Crippen molar-refractivity contribution < 1.29 is 4.74 Å². The second-order valence-electron chi connectivity index (χ2n) is 4.23. The normalized spacial score (nSPS) is 10.8. The van der Waals surface area contributed by atoms with Gasteiger partial charge < -0.3 is 10.5 Å². The van der Waals surface area contributed by atoms with E-state index in [0.717, 1.165) is 21.7 Å². The lowest BCUT2D eigenvalue weighted by molar-refractivity contribution is 0.308. The highest BCUT2D eigenvalue weighted by molar-refractivity contribution is 7.18. The fraction of sp³-hybridized carbons (Fsp3) is 0.0667. The first-order valence-electron chi connectivity index (χ1n) is 5.87. The van der Waals surface area contributed by atoms with Gasteiger partial charge in [-0.15, -0.1) is 11.3 Å². The minimum absolute atomic E-state index is 0.533. The zero-order chi connectivity index (χ0) is 13.2. The Morgan fingerprint density at radius 1 is 1.11 bits per heavy atom. The number of halogens is 1. The van der Waals surface area contributed by atoms with Crippen LogP contribution in [-0.4, -0.2) is 0 Å². The second-order valence-corrected chi connectivity index (χ2v) is 5.54. The predicted molar refractivity (Wildman–Crippen MR) is 82.0 cm³/mol. The quantitative estimate of drug-likeness (QED) is 0.708. The van der Waals surface area contributed by atoms with E-state index in [2.05, 4.69) is 11.4 Å². The van der Waals surface area contributed by atoms with Gasteiger partial charge in [-0.05, 0) is 35.7 Å². The number of rotatable bonds is 3. The number of benzene rings is 2. The van der Waals surface area contributed by atoms with Gasteiger partial charge in [0.05, 0.1) is 4.70 Å². The highest BCUT2D eigenvalue weighted by atomic mass is 35.5. The Morgan fingerprint density at radius 2 is 1.89 bits per heavy atom. The summed E-state index contributed by atoms with van der Waals surface area (Å²) in [6.45, 7) is 0.533. The second kappa shape index (κ2) is 5.11. The molecule has 96 valence electrons. The molecule has 3 rings (SSSR count). The summed E-state index contributed by atoms with van der Waals surface area (Å²) in [5.74, 6) is 0.813. The van der Waals surface area contributed by atoms with E-state index >= 15 is 0 Å². The van der Waals surface area contributed by atoms with Crippen LogP contribution in [0.25, 0.3) is 10.1 Å². The first-order valence-corrected chi connectivity index (χ1v) is 7.13. The molecule has 4 heteroatoms. The maximum Gasteiger partial charge on any atom is 0.119 e. The van der Waals surface area contributed by atoms with Gasteiger partial charge in [0.15, 0.2) is 0 Å². The third kappa shape index (κ3) is 2.53. The predicted octanol–water partition coefficient (Wildman–Crippen LogP) is 4.72. The van der Waals surface area contributed by atoms with Crippen molar-refractivity contribution in [2.45, 2.75) is 6.61 Å². The van der Waals surface area contributed by atoms with Gasteiger partial charge in [-0.1, -0.05) is 23.7 Å². The molecule has 0 aliphatic heterocycles. The van der Waals surface area contributed by atoms with Gasteiger partial charge in [0.2, 0.25) is 0 Å². The Morgan fingerprint density at radius 3 is 2.68 bits per heavy atom. The number of nitrogens with two attached hydrogens (primary N) is 1. The first kappa shape index (κ1) is 12.3. The Labute approximate surface area is 120 Å². The van der Waals surface area contributed by atoms with E-state index in [1.807, 2.05) is 36.4 Å². The molecule has 2 N–H and O–H groups in total. The third-order valence-corrected chi connectivity index (χ3v) is 4.26. The van der Waals surface area contributed by atoms with E-state index < -0.39 is 0 Å². The SMILES string of the molecule is Nc1cccc2c(COc3ccc(Cl)cc3)csc12. The lowest BCUT2D eigenvalue weighted by Gasteiger charge is -2.05. The summed E-state index contributed by atoms with van der Waals surface area (Å²) >= 11 is 7.49. The molecule has 0 spiro atoms. The Hall–Kier alpha value is -1.71. The van der Waals surface area contributed by atoms with Crippen LogP contribution in [-0.2, 0) is 6.61 Å². The van der Waals surface area contributed by atoms with Crippen molar-refractivity contribution in [3.05, 3.63) is 58.4 Å². The number of fused-ring (bicyclic) bond motifs is 1. The standard InChI is InChI=1S/C15H12ClNOS/c16-11-4-6-12(7-5-11)18-8-10-9-19-15-13(10)2-1-3-14(15)17/h1-7,9H,8,17H2. The van der Waals surface area contributed by atoms with Crippen LogP contribution in [0.3, 0.4) is 0 Å². The van der Waals surface area contributed by atoms with Crippen LogP contribution < -0.4 is 10.5 Å². The number of hydrogen-bond acceptors (Lipinski definition) is 3. The van der Waals surface area contributed by atoms with Gasteiger partial charge in [0, 0.05) is 21.7 Å². The molecule has 0 saturated heterocycles. The molecule has 0 saturated carbocycles. The molecule has 19 heavy (non-hydrogen) atoms. The number of nitrogen functional groups attached to an aromatic ring is 1. The van der Waals surface area contributed by atoms with Crippen LogP contribution in [0, 0.1) is 0 Å². The lowest BCUT2D eigenvalue weighted by atomic mass is 10.2. The van der Waals surface area contributed by atoms with Gasteiger partial charge in [-0.2, -0.15) is 0 Å². The monoisotopic (exact) mass is 289 g/mol. The molecular weight excluding hydrogens is 278 g/mol. The van der Waals surface area contributed by atoms with Gasteiger partial charge in [0.1, 0.15) is 12.4 Å². The topological polar surface area (TPSA) is 35.2 Å². The fourth-order valence-electron chi connectivity index (χ4n) is 1.94. The molecule has 1 aromatic heterocycles. The number of anilines is 1. The van der Waals surface area contributed by atoms with Crippen LogP contribution in [0.4, 0.5) is 5.69 Å². The van der Waals surface area contributed by atoms with E-state index in [4.69, 9.17) is 22.1 Å². The zero-order valence-electron chi connectivity index (χ0n) is 10.1. The van der Waals surface area contributed by atoms with Gasteiger partial charge in [0.25, 0.3) is 0 Å². The Kier molecular flexibility index (Phi) is 3.32. The number of hydrogen-bond donors (Lipinski definition) is 1. The first-order chi connectivity index (χ1) is 9.24. The van der Waals surface area contributed by atoms with Gasteiger partial charge in [-0.3, -0.25) is 0 Å². The van der Waals surface area contributed by atoms with Crippen LogP contribution in [0.15, 0.2) is 47.8 Å². The Balaban J connectivity index is 1.82. The van der Waals surface area contributed by atoms with Crippen LogP contribution >= 0.6 is 22.9 Å². The molecule has 2 aromatic carbocycles. The summed E-state index contributed by atoms with van der Waals surface area (Å²) < 4.78 is 6.88. The van der Waals surface area contributed by atoms with Crippen molar-refractivity contribution in [1.29, 1.82) is 0 Å². The Bertz CT molecular complexity index is 706. The minimum Gasteiger partial charge on any atom is -0.489 e. The minimum atomic E-state index is 0.533. The average Bonchev–Trinajstić information content (AvgIpc) is 2.83. The molecule has 1 heterocycles. The van der Waals surface area contributed by atoms with Crippen molar-refractivity contribution in [3.63, 3.8) is 0 Å². The molecule has 0 unspecified atom stereocenters. The molecule has 0 aliphatic rings. The van der Waals surface area contributed by atoms with Crippen LogP contribution in [0.5, 0.6) is 5.75 Å². The van der Waals surface area contributed by atoms with Gasteiger partial charge in [-0.25, -0.2) is 0 Å². The van der Waals surface area contributed by atoms with Crippen molar-refractivity contribution >= 4 is 38.7 Å². The summed E-state index contributed by atoms with van der Waals surface area (Å²) in [5, 5.41) is 3.97. The van der Waals surface area contributed by atoms with Crippen molar-refractivity contribution in [2.24, 2.45) is 0 Å². The van der Waals surface area contributed by atoms with E-state index in [9.17, 15) is 0 Å². The highest BCUT2D eigenvalue weighted by Gasteiger charge is 2.06. The van der Waals surface area contributed by atoms with Gasteiger partial charge >= 0.3 is 0 Å². The maximum absolute atomic E-state index is 5.95. The largest absolute Gasteiger partial charge is 0.489 e. The molecule has 0 bridgehead atoms. The number of thiophene rings is 1. The molecule has 0 aliphatic carbocycles. The summed E-state index contributed by atoms with van der Waals surface area (Å²) in [7, 11) is 0. The molecule has 0 radical (unpaired) electrons. The molecule has 0 fully saturated rings. The van der Waals surface area contributed by atoms with E-state index in [0.29, 0.717) is 11.6 Å². The fourth-order valence-corrected chi connectivity index (χ4v) is 3.05. The van der Waals surface area contributed by atoms with Crippen LogP contribution in [0.1, 0.15) is 5.56 Å². The molecule has 2 nitrogen and oxygen atoms in total. The van der Waals surface area contributed by atoms with Crippen molar-refractivity contribution in [2.75, 3.05) is 5.73 Å². The number of ether oxygens (including phenoxy) is 1. The lowest BCUT2D eigenvalue weighted by Crippen LogP contribution is -1.94.